The average molecular weight is 373 g/mol. The number of benzene rings is 1. The van der Waals surface area contributed by atoms with Gasteiger partial charge in [0.15, 0.2) is 0 Å². The lowest BCUT2D eigenvalue weighted by Gasteiger charge is -2.18. The number of fused-ring (bicyclic) bond motifs is 1. The van der Waals surface area contributed by atoms with E-state index in [1.807, 2.05) is 44.3 Å². The van der Waals surface area contributed by atoms with Crippen molar-refractivity contribution in [3.63, 3.8) is 0 Å². The third kappa shape index (κ3) is 5.30. The van der Waals surface area contributed by atoms with Gasteiger partial charge in [-0.2, -0.15) is 0 Å². The third-order valence-corrected chi connectivity index (χ3v) is 4.44. The predicted molar refractivity (Wildman–Crippen MR) is 104 cm³/mol. The summed E-state index contributed by atoms with van der Waals surface area (Å²) in [6.07, 6.45) is 2.16. The summed E-state index contributed by atoms with van der Waals surface area (Å²) in [5, 5.41) is 8.73. The average Bonchev–Trinajstić information content (AvgIpc) is 3.07. The van der Waals surface area contributed by atoms with Crippen molar-refractivity contribution in [3.05, 3.63) is 36.0 Å². The summed E-state index contributed by atoms with van der Waals surface area (Å²) < 4.78 is 0. The largest absolute Gasteiger partial charge is 0.361 e. The maximum atomic E-state index is 12.2. The van der Waals surface area contributed by atoms with Gasteiger partial charge in [0.1, 0.15) is 6.04 Å². The number of likely N-dealkylation sites (N-methyl/N-ethyl adjacent to an activating group) is 1. The molecule has 0 bridgehead atoms. The minimum absolute atomic E-state index is 0.0337. The number of aromatic nitrogens is 1. The summed E-state index contributed by atoms with van der Waals surface area (Å²) in [6.45, 7) is 3.42. The molecule has 8 nitrogen and oxygen atoms in total. The molecule has 0 fully saturated rings. The first kappa shape index (κ1) is 20.4. The topological polar surface area (TPSA) is 129 Å². The number of rotatable bonds is 8. The minimum Gasteiger partial charge on any atom is -0.361 e. The molecule has 0 aliphatic rings. The maximum Gasteiger partial charge on any atom is 0.242 e. The molecule has 0 radical (unpaired) electrons. The smallest absolute Gasteiger partial charge is 0.242 e. The Morgan fingerprint density at radius 3 is 2.52 bits per heavy atom. The number of H-pyrrole nitrogens is 1. The maximum absolute atomic E-state index is 12.2. The van der Waals surface area contributed by atoms with Crippen molar-refractivity contribution in [2.45, 2.75) is 32.4 Å². The van der Waals surface area contributed by atoms with E-state index in [0.717, 1.165) is 16.5 Å². The van der Waals surface area contributed by atoms with Gasteiger partial charge >= 0.3 is 0 Å². The van der Waals surface area contributed by atoms with Crippen molar-refractivity contribution < 1.29 is 14.4 Å². The summed E-state index contributed by atoms with van der Waals surface area (Å²) in [6, 6.07) is 6.31. The van der Waals surface area contributed by atoms with Crippen molar-refractivity contribution in [1.29, 1.82) is 0 Å². The lowest BCUT2D eigenvalue weighted by Crippen LogP contribution is -2.51. The van der Waals surface area contributed by atoms with Gasteiger partial charge in [-0.3, -0.25) is 14.4 Å². The molecule has 0 saturated carbocycles. The molecule has 2 atom stereocenters. The Morgan fingerprint density at radius 2 is 1.85 bits per heavy atom. The van der Waals surface area contributed by atoms with Crippen LogP contribution in [0, 0.1) is 5.92 Å². The molecule has 6 N–H and O–H groups in total. The molecule has 0 saturated heterocycles. The fourth-order valence-electron chi connectivity index (χ4n) is 2.74. The zero-order chi connectivity index (χ0) is 20.0. The van der Waals surface area contributed by atoms with Gasteiger partial charge in [-0.15, -0.1) is 0 Å². The minimum atomic E-state index is -0.752. The zero-order valence-electron chi connectivity index (χ0n) is 15.8. The van der Waals surface area contributed by atoms with Crippen LogP contribution in [0.15, 0.2) is 30.5 Å². The highest BCUT2D eigenvalue weighted by Gasteiger charge is 2.23. The fraction of sp³-hybridized carbons (Fsp3) is 0.421. The summed E-state index contributed by atoms with van der Waals surface area (Å²) in [5.41, 5.74) is 7.63. The van der Waals surface area contributed by atoms with Crippen LogP contribution in [0.1, 0.15) is 19.4 Å². The van der Waals surface area contributed by atoms with Gasteiger partial charge in [0.25, 0.3) is 0 Å². The summed E-state index contributed by atoms with van der Waals surface area (Å²) in [7, 11) is 1.51. The number of nitrogens with one attached hydrogen (secondary N) is 4. The first-order valence-corrected chi connectivity index (χ1v) is 8.92. The first-order valence-electron chi connectivity index (χ1n) is 8.92. The summed E-state index contributed by atoms with van der Waals surface area (Å²) in [5.74, 6) is -1.19. The van der Waals surface area contributed by atoms with Crippen molar-refractivity contribution >= 4 is 28.6 Å². The highest BCUT2D eigenvalue weighted by Crippen LogP contribution is 2.19. The Labute approximate surface area is 158 Å². The van der Waals surface area contributed by atoms with Crippen LogP contribution in [0.5, 0.6) is 0 Å². The van der Waals surface area contributed by atoms with Crippen LogP contribution in [0.4, 0.5) is 0 Å². The van der Waals surface area contributed by atoms with Crippen LogP contribution >= 0.6 is 0 Å². The van der Waals surface area contributed by atoms with Gasteiger partial charge < -0.3 is 26.7 Å². The number of hydrogen-bond donors (Lipinski definition) is 5. The van der Waals surface area contributed by atoms with E-state index in [9.17, 15) is 14.4 Å². The van der Waals surface area contributed by atoms with Crippen LogP contribution < -0.4 is 21.7 Å². The second-order valence-electron chi connectivity index (χ2n) is 6.79. The molecule has 0 unspecified atom stereocenters. The molecule has 2 rings (SSSR count). The normalized spacial score (nSPS) is 13.2. The van der Waals surface area contributed by atoms with Crippen molar-refractivity contribution in [2.24, 2.45) is 11.7 Å². The first-order chi connectivity index (χ1) is 12.8. The van der Waals surface area contributed by atoms with Gasteiger partial charge in [-0.25, -0.2) is 0 Å². The van der Waals surface area contributed by atoms with Crippen molar-refractivity contribution in [3.8, 4) is 0 Å². The predicted octanol–water partition coefficient (Wildman–Crippen LogP) is 0.0407. The monoisotopic (exact) mass is 373 g/mol. The highest BCUT2D eigenvalue weighted by atomic mass is 16.2. The number of nitrogens with two attached hydrogens (primary N) is 1. The molecular weight excluding hydrogens is 346 g/mol. The molecule has 27 heavy (non-hydrogen) atoms. The molecule has 146 valence electrons. The van der Waals surface area contributed by atoms with Crippen molar-refractivity contribution in [2.75, 3.05) is 13.6 Å². The Morgan fingerprint density at radius 1 is 1.15 bits per heavy atom. The number of para-hydroxylation sites is 1. The van der Waals surface area contributed by atoms with E-state index in [1.165, 1.54) is 7.05 Å². The quantitative estimate of drug-likeness (QED) is 0.447. The molecule has 0 aliphatic carbocycles. The fourth-order valence-corrected chi connectivity index (χ4v) is 2.74. The van der Waals surface area contributed by atoms with Crippen molar-refractivity contribution in [1.82, 2.24) is 20.9 Å². The van der Waals surface area contributed by atoms with Crippen LogP contribution in [0.2, 0.25) is 0 Å². The van der Waals surface area contributed by atoms with Gasteiger partial charge in [-0.1, -0.05) is 32.0 Å². The van der Waals surface area contributed by atoms with Gasteiger partial charge in [0.05, 0.1) is 12.6 Å². The van der Waals surface area contributed by atoms with Gasteiger partial charge in [0.2, 0.25) is 17.7 Å². The lowest BCUT2D eigenvalue weighted by atomic mass is 10.0. The zero-order valence-corrected chi connectivity index (χ0v) is 15.8. The standard InChI is InChI=1S/C19H27N5O3/c1-11(2)17(20)19(27)23-10-16(25)24-15(18(26)21-3)8-12-9-22-14-7-5-4-6-13(12)14/h4-7,9,11,15,17,22H,8,10,20H2,1-3H3,(H,21,26)(H,23,27)(H,24,25)/t15-,17-/m0/s1. The Bertz CT molecular complexity index is 815. The van der Waals surface area contributed by atoms with Crippen LogP contribution in [-0.4, -0.2) is 48.4 Å². The van der Waals surface area contributed by atoms with E-state index in [4.69, 9.17) is 5.73 Å². The molecule has 1 aromatic heterocycles. The van der Waals surface area contributed by atoms with Crippen LogP contribution in [0.3, 0.4) is 0 Å². The lowest BCUT2D eigenvalue weighted by molar-refractivity contribution is -0.130. The second kappa shape index (κ2) is 9.18. The van der Waals surface area contributed by atoms with E-state index in [-0.39, 0.29) is 18.4 Å². The molecule has 3 amide bonds. The number of amides is 3. The molecule has 8 heteroatoms. The number of carbonyl (C=O) groups is 3. The van der Waals surface area contributed by atoms with E-state index >= 15 is 0 Å². The SMILES string of the molecule is CNC(=O)[C@H](Cc1c[nH]c2ccccc12)NC(=O)CNC(=O)[C@@H](N)C(C)C. The van der Waals surface area contributed by atoms with Gasteiger partial charge in [0, 0.05) is 30.6 Å². The molecule has 1 aromatic carbocycles. The van der Waals surface area contributed by atoms with E-state index in [2.05, 4.69) is 20.9 Å². The molecule has 2 aromatic rings. The number of hydrogen-bond acceptors (Lipinski definition) is 4. The summed E-state index contributed by atoms with van der Waals surface area (Å²) in [4.78, 5) is 39.4. The molecule has 0 aliphatic heterocycles. The van der Waals surface area contributed by atoms with Gasteiger partial charge in [-0.05, 0) is 17.5 Å². The molecular formula is C19H27N5O3. The Hall–Kier alpha value is -2.87. The van der Waals surface area contributed by atoms with E-state index < -0.39 is 23.9 Å². The van der Waals surface area contributed by atoms with Crippen LogP contribution in [-0.2, 0) is 20.8 Å². The Balaban J connectivity index is 2.01. The third-order valence-electron chi connectivity index (χ3n) is 4.44. The van der Waals surface area contributed by atoms with Crippen LogP contribution in [0.25, 0.3) is 10.9 Å². The summed E-state index contributed by atoms with van der Waals surface area (Å²) >= 11 is 0. The number of aromatic amines is 1. The van der Waals surface area contributed by atoms with E-state index in [1.54, 1.807) is 0 Å². The number of carbonyl (C=O) groups excluding carboxylic acids is 3. The molecule has 1 heterocycles. The van der Waals surface area contributed by atoms with E-state index in [0.29, 0.717) is 6.42 Å². The highest BCUT2D eigenvalue weighted by molar-refractivity contribution is 5.92. The second-order valence-corrected chi connectivity index (χ2v) is 6.79. The Kier molecular flexibility index (Phi) is 6.95. The molecule has 0 spiro atoms.